The van der Waals surface area contributed by atoms with Crippen molar-refractivity contribution in [3.8, 4) is 0 Å². The van der Waals surface area contributed by atoms with Crippen molar-refractivity contribution in [2.45, 2.75) is 25.8 Å². The lowest BCUT2D eigenvalue weighted by atomic mass is 10.0. The topological polar surface area (TPSA) is 52.7 Å². The minimum absolute atomic E-state index is 0.00748. The second kappa shape index (κ2) is 8.87. The van der Waals surface area contributed by atoms with Crippen molar-refractivity contribution in [3.63, 3.8) is 0 Å². The molecular formula is C22H26FN3O2. The zero-order valence-electron chi connectivity index (χ0n) is 16.3. The Morgan fingerprint density at radius 1 is 1.07 bits per heavy atom. The van der Waals surface area contributed by atoms with Gasteiger partial charge in [-0.3, -0.25) is 9.59 Å². The fraction of sp³-hybridized carbons (Fsp3) is 0.364. The molecule has 0 bridgehead atoms. The second-order valence-corrected chi connectivity index (χ2v) is 7.05. The van der Waals surface area contributed by atoms with Crippen molar-refractivity contribution in [1.29, 1.82) is 0 Å². The molecule has 3 rings (SSSR count). The first-order valence-corrected chi connectivity index (χ1v) is 9.66. The van der Waals surface area contributed by atoms with Gasteiger partial charge in [0.15, 0.2) is 0 Å². The van der Waals surface area contributed by atoms with Gasteiger partial charge in [-0.1, -0.05) is 24.3 Å². The molecule has 0 saturated carbocycles. The van der Waals surface area contributed by atoms with Crippen molar-refractivity contribution in [3.05, 3.63) is 65.5 Å². The summed E-state index contributed by atoms with van der Waals surface area (Å²) in [4.78, 5) is 28.8. The van der Waals surface area contributed by atoms with Gasteiger partial charge >= 0.3 is 0 Å². The smallest absolute Gasteiger partial charge is 0.255 e. The molecule has 1 aliphatic heterocycles. The molecular weight excluding hydrogens is 357 g/mol. The fourth-order valence-electron chi connectivity index (χ4n) is 3.45. The van der Waals surface area contributed by atoms with E-state index in [4.69, 9.17) is 0 Å². The zero-order valence-corrected chi connectivity index (χ0v) is 16.3. The van der Waals surface area contributed by atoms with Crippen molar-refractivity contribution in [2.24, 2.45) is 0 Å². The summed E-state index contributed by atoms with van der Waals surface area (Å²) in [5, 5.41) is 2.93. The molecule has 148 valence electrons. The number of nitrogens with one attached hydrogen (secondary N) is 1. The van der Waals surface area contributed by atoms with Crippen LogP contribution in [0.2, 0.25) is 0 Å². The molecule has 0 radical (unpaired) electrons. The molecule has 1 aliphatic rings. The van der Waals surface area contributed by atoms with Gasteiger partial charge in [0.25, 0.3) is 11.8 Å². The zero-order chi connectivity index (χ0) is 20.1. The summed E-state index contributed by atoms with van der Waals surface area (Å²) in [5.41, 5.74) is 1.69. The summed E-state index contributed by atoms with van der Waals surface area (Å²) < 4.78 is 13.8. The van der Waals surface area contributed by atoms with Crippen molar-refractivity contribution in [1.82, 2.24) is 10.2 Å². The highest BCUT2D eigenvalue weighted by atomic mass is 19.1. The van der Waals surface area contributed by atoms with Gasteiger partial charge in [-0.2, -0.15) is 0 Å². The van der Waals surface area contributed by atoms with Gasteiger partial charge in [-0.25, -0.2) is 4.39 Å². The summed E-state index contributed by atoms with van der Waals surface area (Å²) in [6, 6.07) is 13.6. The van der Waals surface area contributed by atoms with Gasteiger partial charge in [-0.05, 0) is 44.0 Å². The number of carbonyl (C=O) groups excluding carboxylic acids is 2. The predicted octanol–water partition coefficient (Wildman–Crippen LogP) is 3.32. The Balaban J connectivity index is 1.64. The van der Waals surface area contributed by atoms with E-state index in [9.17, 15) is 14.0 Å². The molecule has 1 saturated heterocycles. The number of hydrogen-bond acceptors (Lipinski definition) is 3. The maximum atomic E-state index is 13.8. The summed E-state index contributed by atoms with van der Waals surface area (Å²) in [6.45, 7) is 4.05. The molecule has 1 N–H and O–H groups in total. The van der Waals surface area contributed by atoms with Gasteiger partial charge in [0, 0.05) is 38.4 Å². The predicted molar refractivity (Wildman–Crippen MR) is 108 cm³/mol. The Morgan fingerprint density at radius 3 is 2.32 bits per heavy atom. The van der Waals surface area contributed by atoms with Crippen LogP contribution in [0.5, 0.6) is 0 Å². The summed E-state index contributed by atoms with van der Waals surface area (Å²) >= 11 is 0. The molecule has 2 amide bonds. The Hall–Kier alpha value is -2.89. The third-order valence-electron chi connectivity index (χ3n) is 5.24. The lowest BCUT2D eigenvalue weighted by Gasteiger charge is -2.35. The molecule has 2 aromatic rings. The van der Waals surface area contributed by atoms with Gasteiger partial charge in [0.05, 0.1) is 11.1 Å². The van der Waals surface area contributed by atoms with E-state index < -0.39 is 5.82 Å². The van der Waals surface area contributed by atoms with Gasteiger partial charge in [0.2, 0.25) is 0 Å². The Bertz CT molecular complexity index is 847. The van der Waals surface area contributed by atoms with Gasteiger partial charge < -0.3 is 15.1 Å². The van der Waals surface area contributed by atoms with Crippen LogP contribution in [0.15, 0.2) is 48.5 Å². The van der Waals surface area contributed by atoms with Crippen LogP contribution in [0.25, 0.3) is 0 Å². The van der Waals surface area contributed by atoms with E-state index in [1.807, 2.05) is 31.2 Å². The number of benzene rings is 2. The van der Waals surface area contributed by atoms with E-state index in [2.05, 4.69) is 10.2 Å². The average Bonchev–Trinajstić information content (AvgIpc) is 2.73. The lowest BCUT2D eigenvalue weighted by Crippen LogP contribution is -2.45. The van der Waals surface area contributed by atoms with Crippen LogP contribution in [-0.2, 0) is 0 Å². The van der Waals surface area contributed by atoms with Crippen LogP contribution in [-0.4, -0.2) is 49.4 Å². The molecule has 1 fully saturated rings. The van der Waals surface area contributed by atoms with E-state index in [0.717, 1.165) is 31.6 Å². The molecule has 0 spiro atoms. The Kier molecular flexibility index (Phi) is 6.29. The minimum atomic E-state index is -0.509. The highest BCUT2D eigenvalue weighted by Crippen LogP contribution is 2.25. The highest BCUT2D eigenvalue weighted by molar-refractivity contribution is 5.99. The monoisotopic (exact) mass is 383 g/mol. The van der Waals surface area contributed by atoms with Crippen LogP contribution < -0.4 is 10.2 Å². The largest absolute Gasteiger partial charge is 0.371 e. The number of halogens is 1. The first kappa shape index (κ1) is 19.9. The third kappa shape index (κ3) is 4.32. The number of para-hydroxylation sites is 1. The van der Waals surface area contributed by atoms with Crippen LogP contribution >= 0.6 is 0 Å². The molecule has 0 aliphatic carbocycles. The number of carbonyl (C=O) groups is 2. The normalized spacial score (nSPS) is 14.6. The van der Waals surface area contributed by atoms with Crippen molar-refractivity contribution >= 4 is 17.5 Å². The average molecular weight is 383 g/mol. The standard InChI is InChI=1S/C22H26FN3O2/c1-3-25(2)22(28)18-9-5-7-11-20(18)26-14-12-16(13-15-26)24-21(27)17-8-4-6-10-19(17)23/h4-11,16H,3,12-15H2,1-2H3,(H,24,27). The van der Waals surface area contributed by atoms with Crippen LogP contribution in [0.4, 0.5) is 10.1 Å². The third-order valence-corrected chi connectivity index (χ3v) is 5.24. The van der Waals surface area contributed by atoms with E-state index >= 15 is 0 Å². The number of hydrogen-bond donors (Lipinski definition) is 1. The van der Waals surface area contributed by atoms with Gasteiger partial charge in [-0.15, -0.1) is 0 Å². The molecule has 6 heteroatoms. The molecule has 2 aromatic carbocycles. The molecule has 0 aromatic heterocycles. The van der Waals surface area contributed by atoms with E-state index in [-0.39, 0.29) is 23.4 Å². The quantitative estimate of drug-likeness (QED) is 0.862. The SMILES string of the molecule is CCN(C)C(=O)c1ccccc1N1CCC(NC(=O)c2ccccc2F)CC1. The van der Waals surface area contributed by atoms with Crippen molar-refractivity contribution in [2.75, 3.05) is 31.6 Å². The Morgan fingerprint density at radius 2 is 1.68 bits per heavy atom. The fourth-order valence-corrected chi connectivity index (χ4v) is 3.45. The molecule has 0 atom stereocenters. The number of anilines is 1. The number of nitrogens with zero attached hydrogens (tertiary/aromatic N) is 2. The van der Waals surface area contributed by atoms with Gasteiger partial charge in [0.1, 0.15) is 5.82 Å². The summed E-state index contributed by atoms with van der Waals surface area (Å²) in [6.07, 6.45) is 1.48. The number of rotatable bonds is 5. The van der Waals surface area contributed by atoms with Crippen LogP contribution in [0, 0.1) is 5.82 Å². The second-order valence-electron chi connectivity index (χ2n) is 7.05. The van der Waals surface area contributed by atoms with Crippen LogP contribution in [0.1, 0.15) is 40.5 Å². The highest BCUT2D eigenvalue weighted by Gasteiger charge is 2.25. The van der Waals surface area contributed by atoms with E-state index in [1.54, 1.807) is 24.1 Å². The summed E-state index contributed by atoms with van der Waals surface area (Å²) in [7, 11) is 1.80. The molecule has 1 heterocycles. The van der Waals surface area contributed by atoms with Crippen LogP contribution in [0.3, 0.4) is 0 Å². The summed E-state index contributed by atoms with van der Waals surface area (Å²) in [5.74, 6) is -0.880. The number of piperidine rings is 1. The van der Waals surface area contributed by atoms with Crippen molar-refractivity contribution < 1.29 is 14.0 Å². The Labute approximate surface area is 165 Å². The number of amides is 2. The lowest BCUT2D eigenvalue weighted by molar-refractivity contribution is 0.0802. The minimum Gasteiger partial charge on any atom is -0.371 e. The van der Waals surface area contributed by atoms with E-state index in [0.29, 0.717) is 12.1 Å². The maximum absolute atomic E-state index is 13.8. The first-order valence-electron chi connectivity index (χ1n) is 9.66. The molecule has 28 heavy (non-hydrogen) atoms. The van der Waals surface area contributed by atoms with E-state index in [1.165, 1.54) is 12.1 Å². The first-order chi connectivity index (χ1) is 13.5. The maximum Gasteiger partial charge on any atom is 0.255 e. The molecule has 0 unspecified atom stereocenters. The molecule has 5 nitrogen and oxygen atoms in total.